The number of carbonyl (C=O) groups is 1. The van der Waals surface area contributed by atoms with Gasteiger partial charge in [0.1, 0.15) is 6.10 Å². The fourth-order valence-corrected chi connectivity index (χ4v) is 2.01. The van der Waals surface area contributed by atoms with Crippen molar-refractivity contribution in [1.29, 1.82) is 0 Å². The maximum absolute atomic E-state index is 11.9. The van der Waals surface area contributed by atoms with Gasteiger partial charge in [0.05, 0.1) is 13.2 Å². The molecule has 1 atom stereocenters. The molecule has 2 rings (SSSR count). The first-order valence-corrected chi connectivity index (χ1v) is 7.05. The molecule has 0 aromatic heterocycles. The molecular formula is C15H23ClN2O3. The Kier molecular flexibility index (Phi) is 8.30. The first-order chi connectivity index (χ1) is 9.79. The summed E-state index contributed by atoms with van der Waals surface area (Å²) in [4.78, 5) is 11.9. The van der Waals surface area contributed by atoms with Crippen molar-refractivity contribution in [2.45, 2.75) is 26.2 Å². The number of halogens is 1. The molecule has 118 valence electrons. The molecule has 1 amide bonds. The van der Waals surface area contributed by atoms with Crippen molar-refractivity contribution in [3.05, 3.63) is 35.4 Å². The van der Waals surface area contributed by atoms with E-state index in [1.165, 1.54) is 0 Å². The summed E-state index contributed by atoms with van der Waals surface area (Å²) in [6.45, 7) is 5.83. The summed E-state index contributed by atoms with van der Waals surface area (Å²) in [6, 6.07) is 8.06. The molecule has 5 nitrogen and oxygen atoms in total. The molecule has 1 aromatic rings. The van der Waals surface area contributed by atoms with E-state index < -0.39 is 0 Å². The quantitative estimate of drug-likeness (QED) is 0.829. The second-order valence-corrected chi connectivity index (χ2v) is 4.73. The van der Waals surface area contributed by atoms with E-state index in [0.29, 0.717) is 32.9 Å². The number of nitrogens with one attached hydrogen (secondary N) is 2. The van der Waals surface area contributed by atoms with E-state index in [-0.39, 0.29) is 24.4 Å². The molecule has 1 saturated heterocycles. The predicted octanol–water partition coefficient (Wildman–Crippen LogP) is 1.25. The Balaban J connectivity index is 0.00000220. The van der Waals surface area contributed by atoms with Gasteiger partial charge in [-0.15, -0.1) is 12.4 Å². The van der Waals surface area contributed by atoms with Gasteiger partial charge in [-0.1, -0.05) is 24.3 Å². The summed E-state index contributed by atoms with van der Waals surface area (Å²) >= 11 is 0. The van der Waals surface area contributed by atoms with Crippen LogP contribution in [0.2, 0.25) is 0 Å². The Bertz CT molecular complexity index is 419. The number of carbonyl (C=O) groups excluding carboxylic acids is 1. The van der Waals surface area contributed by atoms with Gasteiger partial charge in [0.15, 0.2) is 0 Å². The van der Waals surface area contributed by atoms with Crippen LogP contribution in [0.5, 0.6) is 0 Å². The van der Waals surface area contributed by atoms with Crippen LogP contribution in [-0.2, 0) is 27.4 Å². The second kappa shape index (κ2) is 9.73. The van der Waals surface area contributed by atoms with Gasteiger partial charge in [-0.3, -0.25) is 4.79 Å². The summed E-state index contributed by atoms with van der Waals surface area (Å²) in [6.07, 6.45) is -0.374. The molecule has 0 spiro atoms. The maximum Gasteiger partial charge on any atom is 0.250 e. The second-order valence-electron chi connectivity index (χ2n) is 4.73. The Morgan fingerprint density at radius 2 is 2.10 bits per heavy atom. The van der Waals surface area contributed by atoms with Crippen molar-refractivity contribution in [1.82, 2.24) is 10.6 Å². The zero-order chi connectivity index (χ0) is 14.2. The Morgan fingerprint density at radius 1 is 1.38 bits per heavy atom. The Morgan fingerprint density at radius 3 is 2.71 bits per heavy atom. The molecule has 21 heavy (non-hydrogen) atoms. The minimum atomic E-state index is -0.374. The highest BCUT2D eigenvalue weighted by Gasteiger charge is 2.20. The van der Waals surface area contributed by atoms with E-state index in [0.717, 1.165) is 17.7 Å². The maximum atomic E-state index is 11.9. The number of hydrogen-bond donors (Lipinski definition) is 2. The normalized spacial score (nSPS) is 17.9. The lowest BCUT2D eigenvalue weighted by molar-refractivity contribution is -0.134. The molecule has 0 aliphatic carbocycles. The molecule has 1 fully saturated rings. The van der Waals surface area contributed by atoms with E-state index in [2.05, 4.69) is 10.6 Å². The van der Waals surface area contributed by atoms with Crippen LogP contribution < -0.4 is 10.6 Å². The van der Waals surface area contributed by atoms with Crippen molar-refractivity contribution in [3.63, 3.8) is 0 Å². The highest BCUT2D eigenvalue weighted by Crippen LogP contribution is 2.06. The van der Waals surface area contributed by atoms with Crippen molar-refractivity contribution in [2.75, 3.05) is 26.3 Å². The van der Waals surface area contributed by atoms with Crippen LogP contribution in [-0.4, -0.2) is 38.3 Å². The average Bonchev–Trinajstić information content (AvgIpc) is 2.52. The van der Waals surface area contributed by atoms with Crippen LogP contribution in [0.1, 0.15) is 18.1 Å². The zero-order valence-corrected chi connectivity index (χ0v) is 13.1. The molecule has 1 aliphatic rings. The van der Waals surface area contributed by atoms with Crippen LogP contribution in [0.15, 0.2) is 24.3 Å². The summed E-state index contributed by atoms with van der Waals surface area (Å²) in [5.74, 6) is -0.0596. The van der Waals surface area contributed by atoms with Crippen LogP contribution in [0.3, 0.4) is 0 Å². The summed E-state index contributed by atoms with van der Waals surface area (Å²) in [5, 5.41) is 6.04. The molecule has 0 radical (unpaired) electrons. The molecule has 1 aromatic carbocycles. The minimum absolute atomic E-state index is 0. The zero-order valence-electron chi connectivity index (χ0n) is 12.3. The largest absolute Gasteiger partial charge is 0.377 e. The Hall–Kier alpha value is -1.14. The third-order valence-electron chi connectivity index (χ3n) is 3.18. The van der Waals surface area contributed by atoms with Gasteiger partial charge in [-0.05, 0) is 18.1 Å². The van der Waals surface area contributed by atoms with Gasteiger partial charge in [0, 0.05) is 26.2 Å². The van der Waals surface area contributed by atoms with Crippen LogP contribution in [0.25, 0.3) is 0 Å². The highest BCUT2D eigenvalue weighted by molar-refractivity contribution is 5.85. The number of morpholine rings is 1. The summed E-state index contributed by atoms with van der Waals surface area (Å²) in [7, 11) is 0. The van der Waals surface area contributed by atoms with Gasteiger partial charge in [0.2, 0.25) is 0 Å². The van der Waals surface area contributed by atoms with E-state index in [1.807, 2.05) is 31.2 Å². The van der Waals surface area contributed by atoms with Crippen LogP contribution >= 0.6 is 12.4 Å². The summed E-state index contributed by atoms with van der Waals surface area (Å²) in [5.41, 5.74) is 2.21. The number of ether oxygens (including phenoxy) is 2. The lowest BCUT2D eigenvalue weighted by atomic mass is 10.1. The van der Waals surface area contributed by atoms with E-state index in [9.17, 15) is 4.79 Å². The van der Waals surface area contributed by atoms with E-state index in [4.69, 9.17) is 9.47 Å². The fourth-order valence-electron chi connectivity index (χ4n) is 2.01. The predicted molar refractivity (Wildman–Crippen MR) is 83.5 cm³/mol. The molecule has 2 N–H and O–H groups in total. The number of rotatable bonds is 6. The molecular weight excluding hydrogens is 292 g/mol. The lowest BCUT2D eigenvalue weighted by Gasteiger charge is -2.22. The first-order valence-electron chi connectivity index (χ1n) is 7.05. The lowest BCUT2D eigenvalue weighted by Crippen LogP contribution is -2.47. The SMILES string of the molecule is CCOCc1ccc(CNC(=O)C2CNCCO2)cc1.Cl. The molecule has 1 unspecified atom stereocenters. The van der Waals surface area contributed by atoms with Gasteiger partial charge < -0.3 is 20.1 Å². The van der Waals surface area contributed by atoms with E-state index >= 15 is 0 Å². The topological polar surface area (TPSA) is 59.6 Å². The van der Waals surface area contributed by atoms with Gasteiger partial charge in [-0.2, -0.15) is 0 Å². The van der Waals surface area contributed by atoms with E-state index in [1.54, 1.807) is 0 Å². The monoisotopic (exact) mass is 314 g/mol. The molecule has 6 heteroatoms. The average molecular weight is 315 g/mol. The molecule has 0 saturated carbocycles. The minimum Gasteiger partial charge on any atom is -0.377 e. The van der Waals surface area contributed by atoms with Crippen molar-refractivity contribution < 1.29 is 14.3 Å². The molecule has 1 aliphatic heterocycles. The fraction of sp³-hybridized carbons (Fsp3) is 0.533. The molecule has 0 bridgehead atoms. The molecule has 1 heterocycles. The van der Waals surface area contributed by atoms with Gasteiger partial charge in [0.25, 0.3) is 5.91 Å². The van der Waals surface area contributed by atoms with Gasteiger partial charge in [-0.25, -0.2) is 0 Å². The third kappa shape index (κ3) is 6.01. The standard InChI is InChI=1S/C15H22N2O3.ClH/c1-2-19-11-13-5-3-12(4-6-13)9-17-15(18)14-10-16-7-8-20-14;/h3-6,14,16H,2,7-11H2,1H3,(H,17,18);1H. The third-order valence-corrected chi connectivity index (χ3v) is 3.18. The van der Waals surface area contributed by atoms with Gasteiger partial charge >= 0.3 is 0 Å². The Labute approximate surface area is 131 Å². The van der Waals surface area contributed by atoms with Crippen LogP contribution in [0.4, 0.5) is 0 Å². The van der Waals surface area contributed by atoms with Crippen molar-refractivity contribution in [3.8, 4) is 0 Å². The number of hydrogen-bond acceptors (Lipinski definition) is 4. The smallest absolute Gasteiger partial charge is 0.250 e. The number of amides is 1. The number of benzene rings is 1. The highest BCUT2D eigenvalue weighted by atomic mass is 35.5. The van der Waals surface area contributed by atoms with Crippen molar-refractivity contribution in [2.24, 2.45) is 0 Å². The summed E-state index contributed by atoms with van der Waals surface area (Å²) < 4.78 is 10.7. The van der Waals surface area contributed by atoms with Crippen molar-refractivity contribution >= 4 is 18.3 Å². The first kappa shape index (κ1) is 17.9. The van der Waals surface area contributed by atoms with Crippen LogP contribution in [0, 0.1) is 0 Å².